The molecule has 0 bridgehead atoms. The normalized spacial score (nSPS) is 22.8. The Kier molecular flexibility index (Phi) is 7.74. The number of rotatable bonds is 7. The fourth-order valence-corrected chi connectivity index (χ4v) is 4.98. The number of likely N-dealkylation sites (tertiary alicyclic amines) is 1. The number of thioether (sulfide) groups is 1. The van der Waals surface area contributed by atoms with Crippen LogP contribution in [0.25, 0.3) is 0 Å². The maximum absolute atomic E-state index is 4.96. The number of guanidine groups is 1. The monoisotopic (exact) mass is 500 g/mol. The number of hydrogen-bond acceptors (Lipinski definition) is 3. The highest BCUT2D eigenvalue weighted by Crippen LogP contribution is 2.51. The minimum Gasteiger partial charge on any atom is -0.357 e. The number of halogens is 1. The van der Waals surface area contributed by atoms with Crippen molar-refractivity contribution in [2.24, 2.45) is 4.99 Å². The van der Waals surface area contributed by atoms with E-state index in [1.165, 1.54) is 56.5 Å². The second-order valence-electron chi connectivity index (χ2n) is 7.98. The highest BCUT2D eigenvalue weighted by molar-refractivity contribution is 14.0. The molecule has 1 aromatic rings. The smallest absolute Gasteiger partial charge is 0.191 e. The molecule has 4 rings (SSSR count). The third-order valence-electron chi connectivity index (χ3n) is 5.69. The summed E-state index contributed by atoms with van der Waals surface area (Å²) in [5, 5.41) is 7.16. The Morgan fingerprint density at radius 1 is 1.15 bits per heavy atom. The van der Waals surface area contributed by atoms with Gasteiger partial charge in [0.15, 0.2) is 5.96 Å². The molecule has 1 aromatic carbocycles. The van der Waals surface area contributed by atoms with E-state index in [1.807, 2.05) is 11.8 Å². The van der Waals surface area contributed by atoms with E-state index in [9.17, 15) is 0 Å². The van der Waals surface area contributed by atoms with Gasteiger partial charge in [-0.2, -0.15) is 0 Å². The molecule has 27 heavy (non-hydrogen) atoms. The molecule has 2 aliphatic carbocycles. The molecule has 6 heteroatoms. The van der Waals surface area contributed by atoms with Crippen molar-refractivity contribution in [3.05, 3.63) is 30.3 Å². The fraction of sp³-hybridized carbons (Fsp3) is 0.667. The summed E-state index contributed by atoms with van der Waals surface area (Å²) in [6, 6.07) is 12.2. The maximum atomic E-state index is 4.96. The molecular weight excluding hydrogens is 467 g/mol. The van der Waals surface area contributed by atoms with Crippen molar-refractivity contribution in [1.29, 1.82) is 0 Å². The van der Waals surface area contributed by atoms with Gasteiger partial charge >= 0.3 is 0 Å². The molecule has 0 spiro atoms. The summed E-state index contributed by atoms with van der Waals surface area (Å²) in [5.41, 5.74) is 0. The lowest BCUT2D eigenvalue weighted by molar-refractivity contribution is 0.197. The van der Waals surface area contributed by atoms with Gasteiger partial charge in [0.1, 0.15) is 0 Å². The third kappa shape index (κ3) is 6.26. The van der Waals surface area contributed by atoms with Crippen LogP contribution in [0.2, 0.25) is 0 Å². The number of piperidine rings is 1. The van der Waals surface area contributed by atoms with Crippen molar-refractivity contribution in [3.8, 4) is 0 Å². The van der Waals surface area contributed by atoms with Gasteiger partial charge in [0.25, 0.3) is 0 Å². The predicted octanol–water partition coefficient (Wildman–Crippen LogP) is 4.11. The lowest BCUT2D eigenvalue weighted by Crippen LogP contribution is -2.49. The summed E-state index contributed by atoms with van der Waals surface area (Å²) >= 11 is 2.00. The number of nitrogens with zero attached hydrogens (tertiary/aromatic N) is 2. The Labute approximate surface area is 185 Å². The summed E-state index contributed by atoms with van der Waals surface area (Å²) < 4.78 is 0.318. The Morgan fingerprint density at radius 2 is 1.85 bits per heavy atom. The molecule has 0 atom stereocenters. The molecular formula is C21H33IN4S. The molecule has 3 fully saturated rings. The van der Waals surface area contributed by atoms with E-state index >= 15 is 0 Å². The number of benzene rings is 1. The molecule has 3 aliphatic rings. The van der Waals surface area contributed by atoms with Crippen LogP contribution in [0.3, 0.4) is 0 Å². The number of hydrogen-bond donors (Lipinski definition) is 2. The maximum Gasteiger partial charge on any atom is 0.191 e. The van der Waals surface area contributed by atoms with Gasteiger partial charge in [-0.05, 0) is 57.6 Å². The van der Waals surface area contributed by atoms with E-state index in [4.69, 9.17) is 4.99 Å². The van der Waals surface area contributed by atoms with Crippen LogP contribution < -0.4 is 10.6 Å². The molecule has 1 saturated heterocycles. The SMILES string of the molecule is CCNC(=NCC1(Sc2ccccc2)CC1)NC1CCN(C2CC2)CC1.I. The quantitative estimate of drug-likeness (QED) is 0.336. The van der Waals surface area contributed by atoms with Crippen molar-refractivity contribution in [2.45, 2.75) is 67.2 Å². The molecule has 0 radical (unpaired) electrons. The zero-order chi connectivity index (χ0) is 17.8. The lowest BCUT2D eigenvalue weighted by atomic mass is 10.1. The lowest BCUT2D eigenvalue weighted by Gasteiger charge is -2.33. The minimum atomic E-state index is 0. The summed E-state index contributed by atoms with van der Waals surface area (Å²) in [7, 11) is 0. The molecule has 150 valence electrons. The fourth-order valence-electron chi connectivity index (χ4n) is 3.76. The average molecular weight is 500 g/mol. The standard InChI is InChI=1S/C21H32N4S.HI/c1-2-22-20(24-17-10-14-25(15-11-17)18-8-9-18)23-16-21(12-13-21)26-19-6-4-3-5-7-19;/h3-7,17-18H,2,8-16H2,1H3,(H2,22,23,24);1H. The van der Waals surface area contributed by atoms with Gasteiger partial charge in [0.05, 0.1) is 6.54 Å². The summed E-state index contributed by atoms with van der Waals surface area (Å²) in [4.78, 5) is 9.01. The van der Waals surface area contributed by atoms with Crippen molar-refractivity contribution in [2.75, 3.05) is 26.2 Å². The van der Waals surface area contributed by atoms with E-state index in [-0.39, 0.29) is 24.0 Å². The Bertz CT molecular complexity index is 608. The first-order valence-corrected chi connectivity index (χ1v) is 11.1. The molecule has 2 N–H and O–H groups in total. The summed E-state index contributed by atoms with van der Waals surface area (Å²) in [6.45, 7) is 6.47. The van der Waals surface area contributed by atoms with Gasteiger partial charge in [0, 0.05) is 41.4 Å². The minimum absolute atomic E-state index is 0. The molecule has 0 amide bonds. The van der Waals surface area contributed by atoms with Crippen LogP contribution in [0, 0.1) is 0 Å². The van der Waals surface area contributed by atoms with Gasteiger partial charge in [-0.25, -0.2) is 0 Å². The van der Waals surface area contributed by atoms with Crippen molar-refractivity contribution in [1.82, 2.24) is 15.5 Å². The molecule has 0 unspecified atom stereocenters. The van der Waals surface area contributed by atoms with E-state index in [2.05, 4.69) is 52.8 Å². The van der Waals surface area contributed by atoms with Crippen molar-refractivity contribution >= 4 is 41.7 Å². The average Bonchev–Trinajstić information content (AvgIpc) is 3.58. The van der Waals surface area contributed by atoms with Crippen LogP contribution in [0.15, 0.2) is 40.2 Å². The van der Waals surface area contributed by atoms with E-state index in [1.54, 1.807) is 0 Å². The summed E-state index contributed by atoms with van der Waals surface area (Å²) in [5.74, 6) is 1.01. The van der Waals surface area contributed by atoms with E-state index in [0.29, 0.717) is 10.8 Å². The molecule has 1 heterocycles. The van der Waals surface area contributed by atoms with Crippen LogP contribution in [0.5, 0.6) is 0 Å². The van der Waals surface area contributed by atoms with Gasteiger partial charge in [-0.15, -0.1) is 35.7 Å². The molecule has 2 saturated carbocycles. The molecule has 0 aromatic heterocycles. The van der Waals surface area contributed by atoms with E-state index in [0.717, 1.165) is 25.1 Å². The Balaban J connectivity index is 0.00000210. The zero-order valence-corrected chi connectivity index (χ0v) is 19.5. The Morgan fingerprint density at radius 3 is 2.44 bits per heavy atom. The van der Waals surface area contributed by atoms with Gasteiger partial charge < -0.3 is 15.5 Å². The molecule has 1 aliphatic heterocycles. The van der Waals surface area contributed by atoms with Crippen LogP contribution in [0.4, 0.5) is 0 Å². The van der Waals surface area contributed by atoms with Gasteiger partial charge in [-0.1, -0.05) is 18.2 Å². The van der Waals surface area contributed by atoms with Crippen LogP contribution in [-0.2, 0) is 0 Å². The first-order chi connectivity index (χ1) is 12.8. The highest BCUT2D eigenvalue weighted by Gasteiger charge is 2.43. The topological polar surface area (TPSA) is 39.7 Å². The second kappa shape index (κ2) is 9.83. The van der Waals surface area contributed by atoms with Crippen molar-refractivity contribution in [3.63, 3.8) is 0 Å². The van der Waals surface area contributed by atoms with Crippen molar-refractivity contribution < 1.29 is 0 Å². The first-order valence-electron chi connectivity index (χ1n) is 10.3. The first kappa shape index (κ1) is 21.2. The Hall–Kier alpha value is -0.470. The van der Waals surface area contributed by atoms with Crippen LogP contribution >= 0.6 is 35.7 Å². The van der Waals surface area contributed by atoms with Gasteiger partial charge in [-0.3, -0.25) is 4.99 Å². The number of nitrogens with one attached hydrogen (secondary N) is 2. The number of aliphatic imine (C=N–C) groups is 1. The predicted molar refractivity (Wildman–Crippen MR) is 126 cm³/mol. The third-order valence-corrected chi connectivity index (χ3v) is 7.17. The largest absolute Gasteiger partial charge is 0.357 e. The van der Waals surface area contributed by atoms with E-state index < -0.39 is 0 Å². The van der Waals surface area contributed by atoms with Crippen LogP contribution in [-0.4, -0.2) is 53.9 Å². The van der Waals surface area contributed by atoms with Gasteiger partial charge in [0.2, 0.25) is 0 Å². The zero-order valence-electron chi connectivity index (χ0n) is 16.3. The summed E-state index contributed by atoms with van der Waals surface area (Å²) in [6.07, 6.45) is 7.87. The van der Waals surface area contributed by atoms with Crippen LogP contribution in [0.1, 0.15) is 45.4 Å². The second-order valence-corrected chi connectivity index (χ2v) is 9.52. The molecule has 4 nitrogen and oxygen atoms in total. The highest BCUT2D eigenvalue weighted by atomic mass is 127.